The second kappa shape index (κ2) is 6.68. The van der Waals surface area contributed by atoms with Crippen molar-refractivity contribution in [3.05, 3.63) is 12.4 Å². The number of ether oxygens (including phenoxy) is 1. The number of anilines is 1. The van der Waals surface area contributed by atoms with E-state index >= 15 is 0 Å². The molecule has 1 aliphatic heterocycles. The van der Waals surface area contributed by atoms with Gasteiger partial charge in [0.25, 0.3) is 0 Å². The van der Waals surface area contributed by atoms with Crippen molar-refractivity contribution in [3.8, 4) is 5.88 Å². The number of hydrogen-bond acceptors (Lipinski definition) is 6. The van der Waals surface area contributed by atoms with Crippen LogP contribution < -0.4 is 15.4 Å². The van der Waals surface area contributed by atoms with Gasteiger partial charge < -0.3 is 20.3 Å². The van der Waals surface area contributed by atoms with Crippen LogP contribution in [0.15, 0.2) is 12.4 Å². The lowest BCUT2D eigenvalue weighted by atomic mass is 10.2. The minimum Gasteiger partial charge on any atom is -0.477 e. The lowest BCUT2D eigenvalue weighted by Gasteiger charge is -2.40. The molecule has 1 unspecified atom stereocenters. The summed E-state index contributed by atoms with van der Waals surface area (Å²) in [7, 11) is 2.12. The van der Waals surface area contributed by atoms with Crippen LogP contribution in [0.25, 0.3) is 0 Å². The van der Waals surface area contributed by atoms with Gasteiger partial charge in [-0.25, -0.2) is 0 Å². The fraction of sp³-hybridized carbons (Fsp3) is 0.692. The van der Waals surface area contributed by atoms with Gasteiger partial charge in [-0.2, -0.15) is 4.98 Å². The summed E-state index contributed by atoms with van der Waals surface area (Å²) in [5.41, 5.74) is 5.86. The number of rotatable bonds is 5. The summed E-state index contributed by atoms with van der Waals surface area (Å²) in [6, 6.07) is 0.287. The lowest BCUT2D eigenvalue weighted by Crippen LogP contribution is -2.55. The van der Waals surface area contributed by atoms with Crippen LogP contribution >= 0.6 is 0 Å². The van der Waals surface area contributed by atoms with Crippen molar-refractivity contribution < 1.29 is 4.74 Å². The highest BCUT2D eigenvalue weighted by molar-refractivity contribution is 5.40. The van der Waals surface area contributed by atoms with Gasteiger partial charge in [0.15, 0.2) is 5.82 Å². The zero-order valence-electron chi connectivity index (χ0n) is 11.7. The highest BCUT2D eigenvalue weighted by Gasteiger charge is 2.25. The minimum atomic E-state index is 0.287. The van der Waals surface area contributed by atoms with E-state index in [9.17, 15) is 0 Å². The van der Waals surface area contributed by atoms with Crippen molar-refractivity contribution in [2.75, 3.05) is 44.7 Å². The third-order valence-electron chi connectivity index (χ3n) is 3.31. The van der Waals surface area contributed by atoms with Crippen LogP contribution in [-0.4, -0.2) is 60.7 Å². The first-order valence-electron chi connectivity index (χ1n) is 6.84. The van der Waals surface area contributed by atoms with Gasteiger partial charge >= 0.3 is 0 Å². The normalized spacial score (nSPS) is 20.6. The Bertz CT molecular complexity index is 400. The summed E-state index contributed by atoms with van der Waals surface area (Å²) < 4.78 is 5.53. The van der Waals surface area contributed by atoms with Gasteiger partial charge in [-0.3, -0.25) is 4.98 Å². The molecule has 1 saturated heterocycles. The Morgan fingerprint density at radius 2 is 2.26 bits per heavy atom. The predicted molar refractivity (Wildman–Crippen MR) is 75.5 cm³/mol. The van der Waals surface area contributed by atoms with Crippen LogP contribution in [0.5, 0.6) is 5.88 Å². The fourth-order valence-electron chi connectivity index (χ4n) is 2.27. The van der Waals surface area contributed by atoms with E-state index < -0.39 is 0 Å². The highest BCUT2D eigenvalue weighted by Crippen LogP contribution is 2.19. The Morgan fingerprint density at radius 3 is 3.00 bits per heavy atom. The van der Waals surface area contributed by atoms with Gasteiger partial charge in [-0.1, -0.05) is 6.92 Å². The lowest BCUT2D eigenvalue weighted by molar-refractivity contribution is 0.267. The molecule has 2 N–H and O–H groups in total. The molecule has 0 spiro atoms. The molecule has 2 rings (SSSR count). The van der Waals surface area contributed by atoms with Gasteiger partial charge in [0.05, 0.1) is 25.0 Å². The largest absolute Gasteiger partial charge is 0.477 e. The molecule has 0 bridgehead atoms. The third kappa shape index (κ3) is 3.54. The van der Waals surface area contributed by atoms with Gasteiger partial charge in [0.1, 0.15) is 0 Å². The molecule has 1 atom stereocenters. The van der Waals surface area contributed by atoms with E-state index in [0.717, 1.165) is 31.9 Å². The molecular weight excluding hydrogens is 242 g/mol. The van der Waals surface area contributed by atoms with E-state index in [1.807, 2.05) is 0 Å². The van der Waals surface area contributed by atoms with Gasteiger partial charge in [-0.15, -0.1) is 0 Å². The van der Waals surface area contributed by atoms with E-state index in [1.54, 1.807) is 12.4 Å². The Balaban J connectivity index is 2.11. The van der Waals surface area contributed by atoms with Crippen LogP contribution in [0, 0.1) is 0 Å². The van der Waals surface area contributed by atoms with Crippen molar-refractivity contribution in [3.63, 3.8) is 0 Å². The predicted octanol–water partition coefficient (Wildman–Crippen LogP) is 0.345. The number of nitrogens with zero attached hydrogens (tertiary/aromatic N) is 4. The van der Waals surface area contributed by atoms with Crippen LogP contribution in [0.3, 0.4) is 0 Å². The molecule has 106 valence electrons. The molecule has 0 saturated carbocycles. The zero-order valence-corrected chi connectivity index (χ0v) is 11.7. The van der Waals surface area contributed by atoms with Gasteiger partial charge in [-0.05, 0) is 13.5 Å². The summed E-state index contributed by atoms with van der Waals surface area (Å²) >= 11 is 0. The summed E-state index contributed by atoms with van der Waals surface area (Å²) in [6.45, 7) is 6.25. The Labute approximate surface area is 114 Å². The maximum atomic E-state index is 5.86. The molecular formula is C13H23N5O. The molecule has 1 aliphatic rings. The fourth-order valence-corrected chi connectivity index (χ4v) is 2.27. The smallest absolute Gasteiger partial charge is 0.234 e. The Hall–Kier alpha value is -1.40. The van der Waals surface area contributed by atoms with Crippen LogP contribution in [0.4, 0.5) is 5.82 Å². The molecule has 0 aliphatic carbocycles. The number of piperazine rings is 1. The summed E-state index contributed by atoms with van der Waals surface area (Å²) in [4.78, 5) is 13.3. The maximum absolute atomic E-state index is 5.86. The Kier molecular flexibility index (Phi) is 4.93. The number of hydrogen-bond donors (Lipinski definition) is 1. The SMILES string of the molecule is CCCOc1cncc(N2CCN(C)CC2CN)n1. The molecule has 1 fully saturated rings. The summed E-state index contributed by atoms with van der Waals surface area (Å²) in [5.74, 6) is 1.45. The van der Waals surface area contributed by atoms with E-state index in [1.165, 1.54) is 0 Å². The molecule has 19 heavy (non-hydrogen) atoms. The zero-order chi connectivity index (χ0) is 13.7. The second-order valence-corrected chi connectivity index (χ2v) is 4.91. The average molecular weight is 265 g/mol. The van der Waals surface area contributed by atoms with Gasteiger partial charge in [0, 0.05) is 26.2 Å². The summed E-state index contributed by atoms with van der Waals surface area (Å²) in [6.07, 6.45) is 4.41. The van der Waals surface area contributed by atoms with Crippen LogP contribution in [0.1, 0.15) is 13.3 Å². The van der Waals surface area contributed by atoms with Crippen molar-refractivity contribution >= 4 is 5.82 Å². The number of aromatic nitrogens is 2. The van der Waals surface area contributed by atoms with E-state index in [4.69, 9.17) is 10.5 Å². The first kappa shape index (κ1) is 14.0. The molecule has 1 aromatic rings. The maximum Gasteiger partial charge on any atom is 0.234 e. The molecule has 2 heterocycles. The van der Waals surface area contributed by atoms with Gasteiger partial charge in [0.2, 0.25) is 5.88 Å². The van der Waals surface area contributed by atoms with Crippen molar-refractivity contribution in [2.24, 2.45) is 5.73 Å². The first-order valence-corrected chi connectivity index (χ1v) is 6.84. The molecule has 0 aromatic carbocycles. The molecule has 6 heteroatoms. The standard InChI is InChI=1S/C13H23N5O/c1-3-6-19-13-9-15-8-12(16-13)18-5-4-17(2)10-11(18)7-14/h8-9,11H,3-7,10,14H2,1-2H3. The van der Waals surface area contributed by atoms with Crippen molar-refractivity contribution in [1.29, 1.82) is 0 Å². The quantitative estimate of drug-likeness (QED) is 0.828. The molecule has 0 amide bonds. The van der Waals surface area contributed by atoms with Crippen LogP contribution in [-0.2, 0) is 0 Å². The third-order valence-corrected chi connectivity index (χ3v) is 3.31. The van der Waals surface area contributed by atoms with Crippen molar-refractivity contribution in [2.45, 2.75) is 19.4 Å². The highest BCUT2D eigenvalue weighted by atomic mass is 16.5. The number of likely N-dealkylation sites (N-methyl/N-ethyl adjacent to an activating group) is 1. The average Bonchev–Trinajstić information content (AvgIpc) is 2.45. The Morgan fingerprint density at radius 1 is 1.42 bits per heavy atom. The minimum absolute atomic E-state index is 0.287. The second-order valence-electron chi connectivity index (χ2n) is 4.91. The molecule has 0 radical (unpaired) electrons. The summed E-state index contributed by atoms with van der Waals surface area (Å²) in [5, 5.41) is 0. The number of nitrogens with two attached hydrogens (primary N) is 1. The van der Waals surface area contributed by atoms with E-state index in [0.29, 0.717) is 19.0 Å². The van der Waals surface area contributed by atoms with Crippen molar-refractivity contribution in [1.82, 2.24) is 14.9 Å². The van der Waals surface area contributed by atoms with Crippen LogP contribution in [0.2, 0.25) is 0 Å². The topological polar surface area (TPSA) is 67.5 Å². The van der Waals surface area contributed by atoms with E-state index in [-0.39, 0.29) is 6.04 Å². The monoisotopic (exact) mass is 265 g/mol. The van der Waals surface area contributed by atoms with E-state index in [2.05, 4.69) is 33.7 Å². The first-order chi connectivity index (χ1) is 9.24. The molecule has 6 nitrogen and oxygen atoms in total. The molecule has 1 aromatic heterocycles.